The smallest absolute Gasteiger partial charge is 0.255 e. The summed E-state index contributed by atoms with van der Waals surface area (Å²) in [7, 11) is 0. The number of amides is 1. The van der Waals surface area contributed by atoms with Gasteiger partial charge in [0.2, 0.25) is 0 Å². The number of nitrogens with one attached hydrogen (secondary N) is 1. The van der Waals surface area contributed by atoms with E-state index in [1.165, 1.54) is 6.07 Å². The van der Waals surface area contributed by atoms with Crippen molar-refractivity contribution in [3.63, 3.8) is 0 Å². The third-order valence-electron chi connectivity index (χ3n) is 3.21. The highest BCUT2D eigenvalue weighted by molar-refractivity contribution is 5.96. The number of rotatable bonds is 4. The summed E-state index contributed by atoms with van der Waals surface area (Å²) in [5, 5.41) is 12.5. The summed E-state index contributed by atoms with van der Waals surface area (Å²) in [5.74, 6) is -0.311. The number of carbonyl (C=O) groups is 1. The lowest BCUT2D eigenvalue weighted by molar-refractivity contribution is 0.0937. The van der Waals surface area contributed by atoms with Crippen LogP contribution in [0.15, 0.2) is 48.5 Å². The molecule has 2 aromatic carbocycles. The van der Waals surface area contributed by atoms with Crippen molar-refractivity contribution < 1.29 is 9.90 Å². The second-order valence-electron chi connectivity index (χ2n) is 4.66. The second-order valence-corrected chi connectivity index (χ2v) is 4.66. The lowest BCUT2D eigenvalue weighted by atomic mass is 10.1. The van der Waals surface area contributed by atoms with Gasteiger partial charge < -0.3 is 16.2 Å². The van der Waals surface area contributed by atoms with Crippen molar-refractivity contribution in [2.75, 3.05) is 0 Å². The van der Waals surface area contributed by atoms with Crippen LogP contribution in [-0.4, -0.2) is 11.0 Å². The van der Waals surface area contributed by atoms with Gasteiger partial charge in [-0.3, -0.25) is 4.79 Å². The number of hydrogen-bond donors (Lipinski definition) is 3. The molecule has 0 aliphatic carbocycles. The summed E-state index contributed by atoms with van der Waals surface area (Å²) in [6.45, 7) is 2.40. The molecule has 0 aliphatic heterocycles. The normalized spacial score (nSPS) is 11.9. The maximum atomic E-state index is 12.1. The minimum atomic E-state index is -0.293. The zero-order chi connectivity index (χ0) is 14.5. The van der Waals surface area contributed by atoms with Crippen LogP contribution >= 0.6 is 0 Å². The molecule has 0 spiro atoms. The fraction of sp³-hybridized carbons (Fsp3) is 0.188. The monoisotopic (exact) mass is 270 g/mol. The molecule has 4 heteroatoms. The molecule has 1 unspecified atom stereocenters. The first-order valence-corrected chi connectivity index (χ1v) is 6.49. The number of para-hydroxylation sites is 1. The van der Waals surface area contributed by atoms with Crippen LogP contribution in [0.25, 0.3) is 0 Å². The quantitative estimate of drug-likeness (QED) is 0.798. The van der Waals surface area contributed by atoms with E-state index < -0.39 is 0 Å². The molecular weight excluding hydrogens is 252 g/mol. The van der Waals surface area contributed by atoms with Crippen molar-refractivity contribution in [1.29, 1.82) is 0 Å². The van der Waals surface area contributed by atoms with Crippen molar-refractivity contribution in [2.24, 2.45) is 5.73 Å². The molecule has 20 heavy (non-hydrogen) atoms. The van der Waals surface area contributed by atoms with E-state index in [2.05, 4.69) is 5.32 Å². The minimum absolute atomic E-state index is 0.0179. The Labute approximate surface area is 118 Å². The zero-order valence-corrected chi connectivity index (χ0v) is 11.3. The van der Waals surface area contributed by atoms with Gasteiger partial charge >= 0.3 is 0 Å². The first kappa shape index (κ1) is 14.1. The average molecular weight is 270 g/mol. The van der Waals surface area contributed by atoms with Gasteiger partial charge in [-0.1, -0.05) is 36.4 Å². The molecule has 0 heterocycles. The Morgan fingerprint density at radius 1 is 1.20 bits per heavy atom. The molecular formula is C16H18N2O2. The maximum Gasteiger partial charge on any atom is 0.255 e. The molecule has 0 aromatic heterocycles. The highest BCUT2D eigenvalue weighted by atomic mass is 16.3. The van der Waals surface area contributed by atoms with Crippen LogP contribution in [0.1, 0.15) is 34.5 Å². The lowest BCUT2D eigenvalue weighted by Crippen LogP contribution is -2.26. The summed E-state index contributed by atoms with van der Waals surface area (Å²) in [6, 6.07) is 14.1. The first-order chi connectivity index (χ1) is 9.61. The van der Waals surface area contributed by atoms with Gasteiger partial charge in [0.1, 0.15) is 5.75 Å². The summed E-state index contributed by atoms with van der Waals surface area (Å²) in [5.41, 5.74) is 7.87. The number of nitrogens with two attached hydrogens (primary N) is 1. The molecule has 0 radical (unpaired) electrons. The standard InChI is InChI=1S/C16H18N2O2/c1-11(13-8-6-12(10-17)7-9-13)18-16(20)14-4-2-3-5-15(14)19/h2-9,11,19H,10,17H2,1H3,(H,18,20). The molecule has 2 aromatic rings. The molecule has 1 atom stereocenters. The average Bonchev–Trinajstić information content (AvgIpc) is 2.47. The van der Waals surface area contributed by atoms with E-state index in [-0.39, 0.29) is 23.3 Å². The molecule has 0 saturated carbocycles. The summed E-state index contributed by atoms with van der Waals surface area (Å²) < 4.78 is 0. The number of hydrogen-bond acceptors (Lipinski definition) is 3. The van der Waals surface area contributed by atoms with Crippen LogP contribution in [-0.2, 0) is 6.54 Å². The summed E-state index contributed by atoms with van der Waals surface area (Å²) >= 11 is 0. The number of carbonyl (C=O) groups excluding carboxylic acids is 1. The molecule has 0 saturated heterocycles. The van der Waals surface area contributed by atoms with Gasteiger partial charge in [0, 0.05) is 6.54 Å². The molecule has 104 valence electrons. The van der Waals surface area contributed by atoms with Crippen LogP contribution in [0.4, 0.5) is 0 Å². The number of phenols is 1. The van der Waals surface area contributed by atoms with Crippen LogP contribution in [0.2, 0.25) is 0 Å². The van der Waals surface area contributed by atoms with E-state index >= 15 is 0 Å². The lowest BCUT2D eigenvalue weighted by Gasteiger charge is -2.15. The zero-order valence-electron chi connectivity index (χ0n) is 11.3. The van der Waals surface area contributed by atoms with E-state index in [9.17, 15) is 9.90 Å². The van der Waals surface area contributed by atoms with Crippen molar-refractivity contribution in [1.82, 2.24) is 5.32 Å². The highest BCUT2D eigenvalue weighted by Crippen LogP contribution is 2.18. The molecule has 4 N–H and O–H groups in total. The van der Waals surface area contributed by atoms with Crippen molar-refractivity contribution >= 4 is 5.91 Å². The van der Waals surface area contributed by atoms with Gasteiger partial charge in [-0.2, -0.15) is 0 Å². The fourth-order valence-corrected chi connectivity index (χ4v) is 1.97. The van der Waals surface area contributed by atoms with Crippen LogP contribution in [0.3, 0.4) is 0 Å². The Kier molecular flexibility index (Phi) is 4.38. The molecule has 0 fully saturated rings. The predicted molar refractivity (Wildman–Crippen MR) is 78.3 cm³/mol. The Morgan fingerprint density at radius 2 is 1.85 bits per heavy atom. The maximum absolute atomic E-state index is 12.1. The van der Waals surface area contributed by atoms with Crippen LogP contribution in [0, 0.1) is 0 Å². The van der Waals surface area contributed by atoms with Gasteiger partial charge in [-0.25, -0.2) is 0 Å². The number of aromatic hydroxyl groups is 1. The van der Waals surface area contributed by atoms with Crippen molar-refractivity contribution in [2.45, 2.75) is 19.5 Å². The molecule has 0 aliphatic rings. The third kappa shape index (κ3) is 3.16. The Hall–Kier alpha value is -2.33. The van der Waals surface area contributed by atoms with Gasteiger partial charge in [0.05, 0.1) is 11.6 Å². The minimum Gasteiger partial charge on any atom is -0.507 e. The fourth-order valence-electron chi connectivity index (χ4n) is 1.97. The van der Waals surface area contributed by atoms with Crippen LogP contribution in [0.5, 0.6) is 5.75 Å². The Morgan fingerprint density at radius 3 is 2.45 bits per heavy atom. The van der Waals surface area contributed by atoms with E-state index in [1.807, 2.05) is 31.2 Å². The molecule has 0 bridgehead atoms. The van der Waals surface area contributed by atoms with Gasteiger partial charge in [-0.15, -0.1) is 0 Å². The molecule has 2 rings (SSSR count). The summed E-state index contributed by atoms with van der Waals surface area (Å²) in [6.07, 6.45) is 0. The van der Waals surface area contributed by atoms with E-state index in [0.717, 1.165) is 11.1 Å². The largest absolute Gasteiger partial charge is 0.507 e. The van der Waals surface area contributed by atoms with E-state index in [0.29, 0.717) is 6.54 Å². The molecule has 1 amide bonds. The van der Waals surface area contributed by atoms with Crippen LogP contribution < -0.4 is 11.1 Å². The number of benzene rings is 2. The Bertz CT molecular complexity index is 594. The van der Waals surface area contributed by atoms with E-state index in [1.54, 1.807) is 18.2 Å². The van der Waals surface area contributed by atoms with Crippen molar-refractivity contribution in [3.05, 3.63) is 65.2 Å². The second kappa shape index (κ2) is 6.21. The predicted octanol–water partition coefficient (Wildman–Crippen LogP) is 2.34. The van der Waals surface area contributed by atoms with Gasteiger partial charge in [0.15, 0.2) is 0 Å². The first-order valence-electron chi connectivity index (χ1n) is 6.49. The SMILES string of the molecule is CC(NC(=O)c1ccccc1O)c1ccc(CN)cc1. The summed E-state index contributed by atoms with van der Waals surface area (Å²) in [4.78, 5) is 12.1. The third-order valence-corrected chi connectivity index (χ3v) is 3.21. The number of phenolic OH excluding ortho intramolecular Hbond substituents is 1. The van der Waals surface area contributed by atoms with Crippen molar-refractivity contribution in [3.8, 4) is 5.75 Å². The van der Waals surface area contributed by atoms with E-state index in [4.69, 9.17) is 5.73 Å². The topological polar surface area (TPSA) is 75.3 Å². The van der Waals surface area contributed by atoms with Gasteiger partial charge in [-0.05, 0) is 30.2 Å². The van der Waals surface area contributed by atoms with Gasteiger partial charge in [0.25, 0.3) is 5.91 Å². The highest BCUT2D eigenvalue weighted by Gasteiger charge is 2.14. The molecule has 4 nitrogen and oxygen atoms in total. The Balaban J connectivity index is 2.09.